The molecular weight excluding hydrogens is 456 g/mol. The summed E-state index contributed by atoms with van der Waals surface area (Å²) in [7, 11) is 0. The maximum absolute atomic E-state index is 12.2. The Morgan fingerprint density at radius 1 is 0.743 bits per heavy atom. The van der Waals surface area contributed by atoms with Crippen molar-refractivity contribution in [1.29, 1.82) is 0 Å². The van der Waals surface area contributed by atoms with Gasteiger partial charge in [0.1, 0.15) is 16.6 Å². The fourth-order valence-electron chi connectivity index (χ4n) is 2.52. The van der Waals surface area contributed by atoms with Gasteiger partial charge in [0, 0.05) is 13.1 Å². The largest absolute Gasteiger partial charge is 0.465 e. The third-order valence-corrected chi connectivity index (χ3v) is 4.23. The zero-order chi connectivity index (χ0) is 27.3. The number of carbonyl (C=O) groups excluding carboxylic acids is 4. The van der Waals surface area contributed by atoms with Gasteiger partial charge in [-0.2, -0.15) is 0 Å². The van der Waals surface area contributed by atoms with Gasteiger partial charge in [0.05, 0.1) is 6.61 Å². The second-order valence-corrected chi connectivity index (χ2v) is 10.5. The van der Waals surface area contributed by atoms with Crippen LogP contribution >= 0.6 is 0 Å². The number of rotatable bonds is 10. The Kier molecular flexibility index (Phi) is 13.3. The zero-order valence-corrected chi connectivity index (χ0v) is 22.8. The van der Waals surface area contributed by atoms with Gasteiger partial charge in [-0.3, -0.25) is 25.2 Å². The van der Waals surface area contributed by atoms with Gasteiger partial charge in [-0.15, -0.1) is 0 Å². The molecule has 0 saturated carbocycles. The normalized spacial score (nSPS) is 11.7. The van der Waals surface area contributed by atoms with Crippen LogP contribution in [0.5, 0.6) is 0 Å². The van der Waals surface area contributed by atoms with Crippen molar-refractivity contribution in [2.75, 3.05) is 19.7 Å². The summed E-state index contributed by atoms with van der Waals surface area (Å²) in [5, 5.41) is 7.64. The molecular formula is C24H44N4O7. The van der Waals surface area contributed by atoms with Gasteiger partial charge in [-0.1, -0.05) is 12.8 Å². The van der Waals surface area contributed by atoms with Gasteiger partial charge < -0.3 is 19.5 Å². The minimum atomic E-state index is -1.23. The van der Waals surface area contributed by atoms with E-state index in [1.54, 1.807) is 48.5 Å². The summed E-state index contributed by atoms with van der Waals surface area (Å²) >= 11 is 0. The van der Waals surface area contributed by atoms with Crippen LogP contribution in [0.25, 0.3) is 0 Å². The highest BCUT2D eigenvalue weighted by molar-refractivity contribution is 6.02. The van der Waals surface area contributed by atoms with E-state index in [1.807, 2.05) is 0 Å². The lowest BCUT2D eigenvalue weighted by Crippen LogP contribution is -2.47. The summed E-state index contributed by atoms with van der Waals surface area (Å²) < 4.78 is 15.3. The molecule has 0 aliphatic heterocycles. The Hall–Kier alpha value is -2.85. The van der Waals surface area contributed by atoms with Gasteiger partial charge in [0.25, 0.3) is 0 Å². The first-order valence-electron chi connectivity index (χ1n) is 12.0. The molecule has 0 aromatic rings. The second-order valence-electron chi connectivity index (χ2n) is 10.5. The predicted molar refractivity (Wildman–Crippen MR) is 133 cm³/mol. The number of nitrogens with zero attached hydrogens (tertiary/aromatic N) is 1. The van der Waals surface area contributed by atoms with Crippen LogP contribution in [0.2, 0.25) is 0 Å². The van der Waals surface area contributed by atoms with E-state index < -0.39 is 34.8 Å². The molecule has 0 radical (unpaired) electrons. The maximum Gasteiger partial charge on any atom is 0.414 e. The van der Waals surface area contributed by atoms with Crippen LogP contribution in [0, 0.1) is 5.41 Å². The highest BCUT2D eigenvalue weighted by Crippen LogP contribution is 2.17. The molecule has 35 heavy (non-hydrogen) atoms. The van der Waals surface area contributed by atoms with E-state index >= 15 is 0 Å². The first-order chi connectivity index (χ1) is 16.0. The van der Waals surface area contributed by atoms with Gasteiger partial charge in [0.15, 0.2) is 0 Å². The fourth-order valence-corrected chi connectivity index (χ4v) is 2.52. The highest BCUT2D eigenvalue weighted by atomic mass is 16.6. The van der Waals surface area contributed by atoms with Crippen LogP contribution in [-0.2, 0) is 23.8 Å². The first-order valence-corrected chi connectivity index (χ1v) is 12.0. The molecule has 0 aromatic carbocycles. The fraction of sp³-hybridized carbons (Fsp3) is 0.792. The van der Waals surface area contributed by atoms with Gasteiger partial charge in [0.2, 0.25) is 11.9 Å². The number of guanidine groups is 1. The maximum atomic E-state index is 12.2. The number of aliphatic imine (C=N–C) groups is 1. The van der Waals surface area contributed by atoms with Crippen LogP contribution in [0.3, 0.4) is 0 Å². The standard InChI is InChI=1S/C24H44N4O7/c1-10-33-18(30)24(8,9)17(29)25-15-13-11-12-14-16-26-19(27-20(31)34-22(2,3)4)28-21(32)35-23(5,6)7/h10-16H2,1-9H3,(H,25,29)(H2,26,27,28,31,32). The summed E-state index contributed by atoms with van der Waals surface area (Å²) in [6, 6.07) is 0. The molecule has 0 heterocycles. The molecule has 0 aliphatic rings. The molecule has 0 fully saturated rings. The Balaban J connectivity index is 4.58. The van der Waals surface area contributed by atoms with Crippen LogP contribution in [0.15, 0.2) is 4.99 Å². The lowest BCUT2D eigenvalue weighted by molar-refractivity contribution is -0.158. The van der Waals surface area contributed by atoms with Crippen molar-refractivity contribution in [3.8, 4) is 0 Å². The number of ether oxygens (including phenoxy) is 3. The third kappa shape index (κ3) is 15.6. The average Bonchev–Trinajstić information content (AvgIpc) is 2.66. The van der Waals surface area contributed by atoms with E-state index in [1.165, 1.54) is 13.8 Å². The molecule has 0 aromatic heterocycles. The number of nitrogens with one attached hydrogen (secondary N) is 3. The zero-order valence-electron chi connectivity index (χ0n) is 22.8. The van der Waals surface area contributed by atoms with E-state index in [0.29, 0.717) is 19.5 Å². The van der Waals surface area contributed by atoms with E-state index in [-0.39, 0.29) is 18.5 Å². The Morgan fingerprint density at radius 2 is 1.23 bits per heavy atom. The topological polar surface area (TPSA) is 144 Å². The SMILES string of the molecule is CCOC(=O)C(C)(C)C(=O)NCCCCCCN=C(NC(=O)OC(C)(C)C)NC(=O)OC(C)(C)C. The van der Waals surface area contributed by atoms with E-state index in [0.717, 1.165) is 19.3 Å². The number of hydrogen-bond donors (Lipinski definition) is 3. The number of alkyl carbamates (subject to hydrolysis) is 2. The predicted octanol–water partition coefficient (Wildman–Crippen LogP) is 3.66. The minimum absolute atomic E-state index is 0.0537. The van der Waals surface area contributed by atoms with Crippen molar-refractivity contribution in [1.82, 2.24) is 16.0 Å². The molecule has 0 rings (SSSR count). The van der Waals surface area contributed by atoms with Crippen LogP contribution in [-0.4, -0.2) is 60.9 Å². The molecule has 11 heteroatoms. The molecule has 3 amide bonds. The Bertz CT molecular complexity index is 718. The molecule has 0 saturated heterocycles. The van der Waals surface area contributed by atoms with Crippen molar-refractivity contribution < 1.29 is 33.4 Å². The molecule has 11 nitrogen and oxygen atoms in total. The number of amides is 3. The summed E-state index contributed by atoms with van der Waals surface area (Å²) in [5.41, 5.74) is -2.65. The molecule has 0 aliphatic carbocycles. The van der Waals surface area contributed by atoms with Crippen LogP contribution in [0.4, 0.5) is 9.59 Å². The van der Waals surface area contributed by atoms with Crippen molar-refractivity contribution >= 4 is 30.0 Å². The molecule has 202 valence electrons. The number of carbonyl (C=O) groups is 4. The molecule has 3 N–H and O–H groups in total. The third-order valence-electron chi connectivity index (χ3n) is 4.23. The van der Waals surface area contributed by atoms with Crippen molar-refractivity contribution in [2.24, 2.45) is 10.4 Å². The van der Waals surface area contributed by atoms with Crippen molar-refractivity contribution in [3.63, 3.8) is 0 Å². The van der Waals surface area contributed by atoms with Crippen LogP contribution < -0.4 is 16.0 Å². The van der Waals surface area contributed by atoms with Crippen molar-refractivity contribution in [2.45, 2.75) is 99.2 Å². The van der Waals surface area contributed by atoms with Gasteiger partial charge in [-0.25, -0.2) is 9.59 Å². The Morgan fingerprint density at radius 3 is 1.69 bits per heavy atom. The van der Waals surface area contributed by atoms with Crippen LogP contribution in [0.1, 0.15) is 88.0 Å². The Labute approximate surface area is 209 Å². The van der Waals surface area contributed by atoms with Gasteiger partial charge >= 0.3 is 18.2 Å². The number of hydrogen-bond acceptors (Lipinski definition) is 8. The summed E-state index contributed by atoms with van der Waals surface area (Å²) in [4.78, 5) is 52.5. The van der Waals surface area contributed by atoms with E-state index in [9.17, 15) is 19.2 Å². The number of unbranched alkanes of at least 4 members (excludes halogenated alkanes) is 3. The van der Waals surface area contributed by atoms with E-state index in [4.69, 9.17) is 14.2 Å². The summed E-state index contributed by atoms with van der Waals surface area (Å²) in [5.74, 6) is -0.972. The quantitative estimate of drug-likeness (QED) is 0.104. The monoisotopic (exact) mass is 500 g/mol. The van der Waals surface area contributed by atoms with E-state index in [2.05, 4.69) is 20.9 Å². The number of esters is 1. The lowest BCUT2D eigenvalue weighted by atomic mass is 9.92. The smallest absolute Gasteiger partial charge is 0.414 e. The average molecular weight is 501 g/mol. The molecule has 0 bridgehead atoms. The highest BCUT2D eigenvalue weighted by Gasteiger charge is 2.37. The van der Waals surface area contributed by atoms with Crippen molar-refractivity contribution in [3.05, 3.63) is 0 Å². The minimum Gasteiger partial charge on any atom is -0.465 e. The molecule has 0 spiro atoms. The summed E-state index contributed by atoms with van der Waals surface area (Å²) in [6.07, 6.45) is 1.57. The molecule has 0 unspecified atom stereocenters. The lowest BCUT2D eigenvalue weighted by Gasteiger charge is -2.22. The molecule has 0 atom stereocenters. The summed E-state index contributed by atoms with van der Waals surface area (Å²) in [6.45, 7) is 16.1. The van der Waals surface area contributed by atoms with Gasteiger partial charge in [-0.05, 0) is 75.2 Å². The second kappa shape index (κ2) is 14.5. The first kappa shape index (κ1) is 32.1.